The fourth-order valence-corrected chi connectivity index (χ4v) is 2.27. The van der Waals surface area contributed by atoms with Crippen LogP contribution in [-0.2, 0) is 24.8 Å². The SMILES string of the molecule is Cn1cnc(CCn2ccc(=O)nc2SCC(=O)O)n1. The second kappa shape index (κ2) is 6.33. The van der Waals surface area contributed by atoms with Gasteiger partial charge >= 0.3 is 5.97 Å². The third kappa shape index (κ3) is 3.92. The van der Waals surface area contributed by atoms with Crippen LogP contribution in [0.25, 0.3) is 0 Å². The van der Waals surface area contributed by atoms with Gasteiger partial charge in [-0.3, -0.25) is 14.3 Å². The van der Waals surface area contributed by atoms with E-state index in [2.05, 4.69) is 15.1 Å². The number of rotatable bonds is 6. The summed E-state index contributed by atoms with van der Waals surface area (Å²) in [6, 6.07) is 1.34. The van der Waals surface area contributed by atoms with Crippen LogP contribution in [0.5, 0.6) is 0 Å². The lowest BCUT2D eigenvalue weighted by Crippen LogP contribution is -2.15. The van der Waals surface area contributed by atoms with Gasteiger partial charge in [0.2, 0.25) is 0 Å². The van der Waals surface area contributed by atoms with Crippen molar-refractivity contribution < 1.29 is 9.90 Å². The van der Waals surface area contributed by atoms with Crippen LogP contribution in [0.15, 0.2) is 28.5 Å². The minimum atomic E-state index is -0.953. The van der Waals surface area contributed by atoms with Crippen LogP contribution in [0.2, 0.25) is 0 Å². The Morgan fingerprint density at radius 1 is 1.50 bits per heavy atom. The van der Waals surface area contributed by atoms with Gasteiger partial charge in [0, 0.05) is 32.3 Å². The number of carboxylic acid groups (broad SMARTS) is 1. The molecule has 2 aromatic heterocycles. The van der Waals surface area contributed by atoms with E-state index < -0.39 is 5.97 Å². The van der Waals surface area contributed by atoms with E-state index in [1.54, 1.807) is 28.8 Å². The summed E-state index contributed by atoms with van der Waals surface area (Å²) in [5.41, 5.74) is -0.384. The van der Waals surface area contributed by atoms with Gasteiger partial charge in [-0.1, -0.05) is 11.8 Å². The van der Waals surface area contributed by atoms with Crippen LogP contribution in [0, 0.1) is 0 Å². The topological polar surface area (TPSA) is 103 Å². The average molecular weight is 295 g/mol. The second-order valence-electron chi connectivity index (χ2n) is 4.01. The summed E-state index contributed by atoms with van der Waals surface area (Å²) in [6.45, 7) is 0.527. The number of aliphatic carboxylic acids is 1. The Morgan fingerprint density at radius 3 is 2.95 bits per heavy atom. The molecular formula is C11H13N5O3S. The molecule has 0 aromatic carbocycles. The largest absolute Gasteiger partial charge is 0.481 e. The van der Waals surface area contributed by atoms with Gasteiger partial charge in [-0.15, -0.1) is 0 Å². The molecule has 9 heteroatoms. The molecule has 0 aliphatic heterocycles. The smallest absolute Gasteiger partial charge is 0.313 e. The van der Waals surface area contributed by atoms with Crippen LogP contribution in [-0.4, -0.2) is 41.1 Å². The minimum Gasteiger partial charge on any atom is -0.481 e. The molecule has 0 radical (unpaired) electrons. The molecule has 2 rings (SSSR count). The highest BCUT2D eigenvalue weighted by atomic mass is 32.2. The molecule has 0 atom stereocenters. The maximum atomic E-state index is 11.3. The molecule has 106 valence electrons. The summed E-state index contributed by atoms with van der Waals surface area (Å²) in [5, 5.41) is 13.2. The van der Waals surface area contributed by atoms with Crippen molar-refractivity contribution in [1.82, 2.24) is 24.3 Å². The molecule has 0 aliphatic carbocycles. The molecule has 0 saturated heterocycles. The van der Waals surface area contributed by atoms with Gasteiger partial charge in [-0.25, -0.2) is 4.98 Å². The van der Waals surface area contributed by atoms with Crippen molar-refractivity contribution in [3.63, 3.8) is 0 Å². The van der Waals surface area contributed by atoms with Gasteiger partial charge in [0.25, 0.3) is 5.56 Å². The number of hydrogen-bond acceptors (Lipinski definition) is 6. The third-order valence-corrected chi connectivity index (χ3v) is 3.37. The van der Waals surface area contributed by atoms with Crippen LogP contribution in [0.1, 0.15) is 5.82 Å². The Labute approximate surface area is 118 Å². The van der Waals surface area contributed by atoms with E-state index in [1.165, 1.54) is 6.07 Å². The number of carboxylic acids is 1. The van der Waals surface area contributed by atoms with Crippen molar-refractivity contribution >= 4 is 17.7 Å². The Morgan fingerprint density at radius 2 is 2.30 bits per heavy atom. The quantitative estimate of drug-likeness (QED) is 0.581. The number of nitrogens with zero attached hydrogens (tertiary/aromatic N) is 5. The van der Waals surface area contributed by atoms with Gasteiger partial charge in [0.15, 0.2) is 11.0 Å². The second-order valence-corrected chi connectivity index (χ2v) is 4.95. The molecule has 0 bridgehead atoms. The summed E-state index contributed by atoms with van der Waals surface area (Å²) in [4.78, 5) is 29.8. The zero-order chi connectivity index (χ0) is 14.5. The first-order valence-electron chi connectivity index (χ1n) is 5.81. The monoisotopic (exact) mass is 295 g/mol. The molecule has 0 spiro atoms. The summed E-state index contributed by atoms with van der Waals surface area (Å²) < 4.78 is 3.34. The zero-order valence-corrected chi connectivity index (χ0v) is 11.6. The lowest BCUT2D eigenvalue weighted by molar-refractivity contribution is -0.133. The predicted octanol–water partition coefficient (Wildman–Crippen LogP) is -0.209. The molecule has 2 aromatic rings. The van der Waals surface area contributed by atoms with Crippen molar-refractivity contribution in [3.05, 3.63) is 34.8 Å². The van der Waals surface area contributed by atoms with Crippen molar-refractivity contribution in [2.45, 2.75) is 18.1 Å². The Hall–Kier alpha value is -2.16. The molecule has 0 amide bonds. The highest BCUT2D eigenvalue weighted by Crippen LogP contribution is 2.13. The average Bonchev–Trinajstić information content (AvgIpc) is 2.81. The fraction of sp³-hybridized carbons (Fsp3) is 0.364. The molecule has 0 aliphatic rings. The molecule has 8 nitrogen and oxygen atoms in total. The van der Waals surface area contributed by atoms with Crippen LogP contribution in [0.4, 0.5) is 0 Å². The maximum Gasteiger partial charge on any atom is 0.313 e. The number of carbonyl (C=O) groups is 1. The van der Waals surface area contributed by atoms with Gasteiger partial charge in [-0.2, -0.15) is 10.1 Å². The van der Waals surface area contributed by atoms with Gasteiger partial charge in [0.05, 0.1) is 5.75 Å². The summed E-state index contributed by atoms with van der Waals surface area (Å²) in [5.74, 6) is -0.412. The Kier molecular flexibility index (Phi) is 4.51. The lowest BCUT2D eigenvalue weighted by Gasteiger charge is -2.09. The lowest BCUT2D eigenvalue weighted by atomic mass is 10.4. The number of hydrogen-bond donors (Lipinski definition) is 1. The molecule has 1 N–H and O–H groups in total. The third-order valence-electron chi connectivity index (χ3n) is 2.40. The highest BCUT2D eigenvalue weighted by Gasteiger charge is 2.08. The Balaban J connectivity index is 2.09. The van der Waals surface area contributed by atoms with Crippen molar-refractivity contribution in [1.29, 1.82) is 0 Å². The molecule has 2 heterocycles. The summed E-state index contributed by atoms with van der Waals surface area (Å²) in [7, 11) is 1.78. The fourth-order valence-electron chi connectivity index (χ4n) is 1.54. The molecule has 0 saturated carbocycles. The number of thioether (sulfide) groups is 1. The molecule has 0 unspecified atom stereocenters. The normalized spacial score (nSPS) is 10.7. The number of aromatic nitrogens is 5. The minimum absolute atomic E-state index is 0.141. The Bertz CT molecular complexity index is 666. The highest BCUT2D eigenvalue weighted by molar-refractivity contribution is 7.99. The van der Waals surface area contributed by atoms with E-state index in [-0.39, 0.29) is 11.3 Å². The molecular weight excluding hydrogens is 282 g/mol. The molecule has 0 fully saturated rings. The van der Waals surface area contributed by atoms with Crippen LogP contribution in [0.3, 0.4) is 0 Å². The van der Waals surface area contributed by atoms with Crippen molar-refractivity contribution in [2.24, 2.45) is 7.05 Å². The maximum absolute atomic E-state index is 11.3. The number of aryl methyl sites for hydroxylation is 3. The summed E-state index contributed by atoms with van der Waals surface area (Å²) >= 11 is 1.02. The van der Waals surface area contributed by atoms with E-state index in [9.17, 15) is 9.59 Å². The first-order valence-corrected chi connectivity index (χ1v) is 6.80. The predicted molar refractivity (Wildman–Crippen MR) is 71.6 cm³/mol. The van der Waals surface area contributed by atoms with Crippen LogP contribution < -0.4 is 5.56 Å². The van der Waals surface area contributed by atoms with Crippen molar-refractivity contribution in [2.75, 3.05) is 5.75 Å². The van der Waals surface area contributed by atoms with E-state index in [4.69, 9.17) is 5.11 Å². The first kappa shape index (κ1) is 14.3. The van der Waals surface area contributed by atoms with Gasteiger partial charge in [-0.05, 0) is 0 Å². The zero-order valence-electron chi connectivity index (χ0n) is 10.8. The molecule has 20 heavy (non-hydrogen) atoms. The standard InChI is InChI=1S/C11H13N5O3S/c1-15-7-12-8(14-15)2-4-16-5-3-9(17)13-11(16)20-6-10(18)19/h3,5,7H,2,4,6H2,1H3,(H,18,19). The van der Waals surface area contributed by atoms with Crippen LogP contribution >= 0.6 is 11.8 Å². The summed E-state index contributed by atoms with van der Waals surface area (Å²) in [6.07, 6.45) is 3.79. The van der Waals surface area contributed by atoms with Gasteiger partial charge < -0.3 is 9.67 Å². The van der Waals surface area contributed by atoms with E-state index in [0.29, 0.717) is 23.9 Å². The van der Waals surface area contributed by atoms with E-state index >= 15 is 0 Å². The van der Waals surface area contributed by atoms with E-state index in [1.807, 2.05) is 0 Å². The van der Waals surface area contributed by atoms with Crippen molar-refractivity contribution in [3.8, 4) is 0 Å². The first-order chi connectivity index (χ1) is 9.54. The van der Waals surface area contributed by atoms with E-state index in [0.717, 1.165) is 11.8 Å². The van der Waals surface area contributed by atoms with Gasteiger partial charge in [0.1, 0.15) is 6.33 Å².